The fourth-order valence-electron chi connectivity index (χ4n) is 2.80. The molecule has 1 aromatic carbocycles. The Labute approximate surface area is 245 Å². The molecule has 0 aliphatic heterocycles. The number of nitrogens with zero attached hydrogens (tertiary/aromatic N) is 4. The van der Waals surface area contributed by atoms with E-state index in [1.807, 2.05) is 39.0 Å². The maximum absolute atomic E-state index is 10.5. The van der Waals surface area contributed by atoms with E-state index in [9.17, 15) is 4.79 Å². The van der Waals surface area contributed by atoms with Gasteiger partial charge in [-0.1, -0.05) is 56.4 Å². The lowest BCUT2D eigenvalue weighted by atomic mass is 10.1. The molecule has 200 valence electrons. The van der Waals surface area contributed by atoms with Gasteiger partial charge in [0, 0.05) is 25.1 Å². The van der Waals surface area contributed by atoms with Gasteiger partial charge in [-0.15, -0.1) is 0 Å². The van der Waals surface area contributed by atoms with Gasteiger partial charge in [0.05, 0.1) is 27.4 Å². The standard InChI is InChI=1S/C17H15BrClN3O2.C9H10ClNO3/c1-9(2)23-17-14(19)7-11(8-20-17)16-21-15(22-24-16)12-5-4-6-13(18)10(12)3;1-5(2)14-8-7(10)3-6(4-11-8)9(12)13/h4-9H,1-3H3;3-5H,1-2H3,(H,12,13)/i1D2,7D,8D,9D;. The molecule has 3 aromatic heterocycles. The number of carboxylic acid groups (broad SMARTS) is 1. The van der Waals surface area contributed by atoms with Crippen LogP contribution >= 0.6 is 39.1 Å². The van der Waals surface area contributed by atoms with Crippen molar-refractivity contribution in [2.24, 2.45) is 0 Å². The van der Waals surface area contributed by atoms with Crippen LogP contribution in [0.5, 0.6) is 11.8 Å². The van der Waals surface area contributed by atoms with E-state index < -0.39 is 25.1 Å². The van der Waals surface area contributed by atoms with E-state index in [1.165, 1.54) is 19.2 Å². The number of rotatable bonds is 7. The zero-order valence-corrected chi connectivity index (χ0v) is 23.6. The Morgan fingerprint density at radius 2 is 1.95 bits per heavy atom. The summed E-state index contributed by atoms with van der Waals surface area (Å²) in [6.45, 7) is 5.10. The number of aromatic nitrogens is 4. The molecule has 4 rings (SSSR count). The first-order chi connectivity index (χ1) is 20.0. The number of ether oxygens (including phenoxy) is 2. The fraction of sp³-hybridized carbons (Fsp3) is 0.269. The van der Waals surface area contributed by atoms with Crippen molar-refractivity contribution in [3.8, 4) is 34.6 Å². The third kappa shape index (κ3) is 7.66. The number of pyridine rings is 2. The Hall–Kier alpha value is -3.21. The molecule has 1 atom stereocenters. The summed E-state index contributed by atoms with van der Waals surface area (Å²) in [7, 11) is 0. The van der Waals surface area contributed by atoms with Gasteiger partial charge in [0.15, 0.2) is 0 Å². The minimum Gasteiger partial charge on any atom is -0.478 e. The molecule has 0 bridgehead atoms. The SMILES string of the molecule is CC(C)Oc1ncc(C(=O)O)cc1Cl.[2H]c1nc(OC([2H])(C)C([2H])[2H])c(Cl)c([2H])c1-c1nc(-c2cccc(Br)c2C)no1. The molecular weight excluding hydrogens is 599 g/mol. The first-order valence-electron chi connectivity index (χ1n) is 13.5. The Bertz CT molecular complexity index is 1640. The highest BCUT2D eigenvalue weighted by molar-refractivity contribution is 9.10. The van der Waals surface area contributed by atoms with Gasteiger partial charge in [-0.25, -0.2) is 14.8 Å². The van der Waals surface area contributed by atoms with Crippen molar-refractivity contribution in [2.75, 3.05) is 0 Å². The van der Waals surface area contributed by atoms with Crippen LogP contribution in [0.1, 0.15) is 50.4 Å². The summed E-state index contributed by atoms with van der Waals surface area (Å²) >= 11 is 15.3. The Balaban J connectivity index is 0.000000303. The third-order valence-corrected chi connectivity index (χ3v) is 5.89. The van der Waals surface area contributed by atoms with Crippen LogP contribution in [0.15, 0.2) is 51.7 Å². The van der Waals surface area contributed by atoms with E-state index in [-0.39, 0.29) is 56.8 Å². The van der Waals surface area contributed by atoms with Crippen molar-refractivity contribution >= 4 is 45.1 Å². The molecule has 0 aliphatic carbocycles. The van der Waals surface area contributed by atoms with Gasteiger partial charge in [-0.3, -0.25) is 0 Å². The molecule has 3 heterocycles. The topological polar surface area (TPSA) is 120 Å². The molecule has 0 saturated carbocycles. The molecule has 0 aliphatic rings. The fourth-order valence-corrected chi connectivity index (χ4v) is 3.56. The monoisotopic (exact) mass is 627 g/mol. The first-order valence-corrected chi connectivity index (χ1v) is 12.4. The van der Waals surface area contributed by atoms with E-state index in [0.717, 1.165) is 10.0 Å². The second-order valence-electron chi connectivity index (χ2n) is 7.87. The highest BCUT2D eigenvalue weighted by Gasteiger charge is 2.16. The van der Waals surface area contributed by atoms with E-state index in [4.69, 9.17) is 49.2 Å². The van der Waals surface area contributed by atoms with Crippen LogP contribution in [0, 0.1) is 6.92 Å². The maximum Gasteiger partial charge on any atom is 0.337 e. The summed E-state index contributed by atoms with van der Waals surface area (Å²) in [5.41, 5.74) is 1.57. The van der Waals surface area contributed by atoms with E-state index in [1.54, 1.807) is 0 Å². The minimum absolute atomic E-state index is 0.0457. The van der Waals surface area contributed by atoms with Crippen LogP contribution in [0.3, 0.4) is 0 Å². The van der Waals surface area contributed by atoms with Crippen molar-refractivity contribution in [3.05, 3.63) is 68.3 Å². The van der Waals surface area contributed by atoms with Crippen molar-refractivity contribution < 1.29 is 30.8 Å². The molecule has 12 heteroatoms. The summed E-state index contributed by atoms with van der Waals surface area (Å²) < 4.78 is 55.5. The van der Waals surface area contributed by atoms with Crippen LogP contribution in [0.2, 0.25) is 10.0 Å². The van der Waals surface area contributed by atoms with Gasteiger partial charge in [0.25, 0.3) is 5.89 Å². The van der Waals surface area contributed by atoms with Gasteiger partial charge in [0.1, 0.15) is 10.0 Å². The number of carboxylic acids is 1. The highest BCUT2D eigenvalue weighted by Crippen LogP contribution is 2.31. The summed E-state index contributed by atoms with van der Waals surface area (Å²) in [5, 5.41) is 12.5. The van der Waals surface area contributed by atoms with Gasteiger partial charge >= 0.3 is 5.97 Å². The maximum atomic E-state index is 10.5. The van der Waals surface area contributed by atoms with Crippen LogP contribution < -0.4 is 9.47 Å². The lowest BCUT2D eigenvalue weighted by Crippen LogP contribution is -2.08. The first kappa shape index (κ1) is 22.7. The lowest BCUT2D eigenvalue weighted by Gasteiger charge is -2.09. The minimum atomic E-state index is -1.98. The molecule has 0 fully saturated rings. The molecule has 1 N–H and O–H groups in total. The number of hydrogen-bond acceptors (Lipinski definition) is 8. The summed E-state index contributed by atoms with van der Waals surface area (Å²) in [4.78, 5) is 22.5. The van der Waals surface area contributed by atoms with Crippen molar-refractivity contribution in [1.29, 1.82) is 0 Å². The predicted molar refractivity (Wildman–Crippen MR) is 148 cm³/mol. The van der Waals surface area contributed by atoms with Crippen molar-refractivity contribution in [2.45, 2.75) is 46.8 Å². The predicted octanol–water partition coefficient (Wildman–Crippen LogP) is 7.53. The highest BCUT2D eigenvalue weighted by atomic mass is 79.9. The molecule has 38 heavy (non-hydrogen) atoms. The molecule has 9 nitrogen and oxygen atoms in total. The number of carbonyl (C=O) groups is 1. The summed E-state index contributed by atoms with van der Waals surface area (Å²) in [6, 6.07) is 6.49. The largest absolute Gasteiger partial charge is 0.478 e. The van der Waals surface area contributed by atoms with Crippen LogP contribution in [0.25, 0.3) is 22.8 Å². The molecule has 4 aromatic rings. The number of hydrogen-bond donors (Lipinski definition) is 1. The van der Waals surface area contributed by atoms with E-state index in [2.05, 4.69) is 36.0 Å². The van der Waals surface area contributed by atoms with Crippen LogP contribution in [-0.2, 0) is 0 Å². The number of halogens is 3. The number of aromatic carboxylic acids is 1. The average Bonchev–Trinajstić information content (AvgIpc) is 3.39. The Morgan fingerprint density at radius 3 is 2.61 bits per heavy atom. The second kappa shape index (κ2) is 13.0. The van der Waals surface area contributed by atoms with E-state index >= 15 is 0 Å². The Morgan fingerprint density at radius 1 is 1.21 bits per heavy atom. The molecule has 1 unspecified atom stereocenters. The van der Waals surface area contributed by atoms with Crippen LogP contribution in [-0.4, -0.2) is 43.4 Å². The second-order valence-corrected chi connectivity index (χ2v) is 9.51. The summed E-state index contributed by atoms with van der Waals surface area (Å²) in [6.07, 6.45) is -1.23. The Kier molecular flexibility index (Phi) is 7.80. The van der Waals surface area contributed by atoms with Crippen molar-refractivity contribution in [1.82, 2.24) is 20.1 Å². The third-order valence-electron chi connectivity index (χ3n) is 4.50. The molecule has 0 amide bonds. The average molecular weight is 629 g/mol. The molecule has 0 spiro atoms. The zero-order valence-electron chi connectivity index (χ0n) is 25.5. The normalized spacial score (nSPS) is 14.3. The van der Waals surface area contributed by atoms with Crippen molar-refractivity contribution in [3.63, 3.8) is 0 Å². The van der Waals surface area contributed by atoms with Gasteiger partial charge in [-0.05, 0) is 58.3 Å². The van der Waals surface area contributed by atoms with Crippen LogP contribution in [0.4, 0.5) is 0 Å². The van der Waals surface area contributed by atoms with E-state index in [0.29, 0.717) is 5.56 Å². The van der Waals surface area contributed by atoms with Gasteiger partial charge < -0.3 is 19.1 Å². The molecular formula is C26H25BrCl2N4O5. The zero-order chi connectivity index (χ0) is 32.2. The quantitative estimate of drug-likeness (QED) is 0.221. The van der Waals surface area contributed by atoms with Gasteiger partial charge in [-0.2, -0.15) is 4.98 Å². The lowest BCUT2D eigenvalue weighted by molar-refractivity contribution is 0.0696. The molecule has 0 radical (unpaired) electrons. The van der Waals surface area contributed by atoms with Gasteiger partial charge in [0.2, 0.25) is 17.6 Å². The number of benzene rings is 1. The smallest absolute Gasteiger partial charge is 0.337 e. The molecule has 0 saturated heterocycles. The summed E-state index contributed by atoms with van der Waals surface area (Å²) in [5.74, 6) is -1.01.